The van der Waals surface area contributed by atoms with Crippen molar-refractivity contribution >= 4 is 29.7 Å². The third-order valence-corrected chi connectivity index (χ3v) is 5.26. The average Bonchev–Trinajstić information content (AvgIpc) is 2.78. The summed E-state index contributed by atoms with van der Waals surface area (Å²) in [6, 6.07) is 10.9. The van der Waals surface area contributed by atoms with Crippen LogP contribution in [0.4, 0.5) is 24.1 Å². The van der Waals surface area contributed by atoms with Gasteiger partial charge in [-0.1, -0.05) is 36.4 Å². The second-order valence-electron chi connectivity index (χ2n) is 9.44. The van der Waals surface area contributed by atoms with Crippen LogP contribution in [0.25, 0.3) is 0 Å². The fraction of sp³-hybridized carbons (Fsp3) is 0.360. The second kappa shape index (κ2) is 10.3. The van der Waals surface area contributed by atoms with Crippen LogP contribution in [-0.2, 0) is 26.4 Å². The van der Waals surface area contributed by atoms with Gasteiger partial charge < -0.3 is 9.47 Å². The SMILES string of the molecule is CN1C(=O)C[C@@](C)(c2ccc(F)c(NC(=O)OCc3ccccc3)c2F)N=C1NC(=O)OC(C)(C)C. The molecule has 2 aromatic rings. The Balaban J connectivity index is 1.86. The minimum Gasteiger partial charge on any atom is -0.444 e. The highest BCUT2D eigenvalue weighted by Crippen LogP contribution is 2.37. The number of alkyl carbamates (subject to hydrolysis) is 1. The number of ether oxygens (including phenoxy) is 2. The number of carbonyl (C=O) groups is 3. The first-order valence-electron chi connectivity index (χ1n) is 11.1. The number of aliphatic imine (C=N–C) groups is 1. The van der Waals surface area contributed by atoms with Crippen molar-refractivity contribution < 1.29 is 32.6 Å². The zero-order valence-corrected chi connectivity index (χ0v) is 20.6. The maximum atomic E-state index is 15.5. The van der Waals surface area contributed by atoms with Crippen LogP contribution in [0.1, 0.15) is 45.2 Å². The molecule has 0 bridgehead atoms. The van der Waals surface area contributed by atoms with E-state index in [0.29, 0.717) is 5.56 Å². The maximum Gasteiger partial charge on any atom is 0.414 e. The van der Waals surface area contributed by atoms with Crippen LogP contribution in [0.5, 0.6) is 0 Å². The Kier molecular flexibility index (Phi) is 7.61. The van der Waals surface area contributed by atoms with Gasteiger partial charge in [0.15, 0.2) is 5.82 Å². The van der Waals surface area contributed by atoms with Crippen molar-refractivity contribution in [1.82, 2.24) is 10.2 Å². The molecule has 36 heavy (non-hydrogen) atoms. The van der Waals surface area contributed by atoms with Gasteiger partial charge in [0, 0.05) is 12.6 Å². The summed E-state index contributed by atoms with van der Waals surface area (Å²) >= 11 is 0. The summed E-state index contributed by atoms with van der Waals surface area (Å²) < 4.78 is 40.3. The number of hydrogen-bond acceptors (Lipinski definition) is 6. The minimum absolute atomic E-state index is 0.0991. The molecule has 0 saturated heterocycles. The van der Waals surface area contributed by atoms with E-state index in [1.807, 2.05) is 0 Å². The fourth-order valence-corrected chi connectivity index (χ4v) is 3.49. The average molecular weight is 503 g/mol. The summed E-state index contributed by atoms with van der Waals surface area (Å²) in [6.07, 6.45) is -2.19. The number of amides is 3. The van der Waals surface area contributed by atoms with E-state index in [2.05, 4.69) is 15.6 Å². The highest BCUT2D eigenvalue weighted by molar-refractivity contribution is 6.05. The Labute approximate surface area is 207 Å². The third kappa shape index (κ3) is 6.35. The number of nitrogens with zero attached hydrogens (tertiary/aromatic N) is 2. The van der Waals surface area contributed by atoms with Crippen molar-refractivity contribution in [3.63, 3.8) is 0 Å². The van der Waals surface area contributed by atoms with E-state index < -0.39 is 46.6 Å². The number of halogens is 2. The van der Waals surface area contributed by atoms with E-state index in [1.54, 1.807) is 51.1 Å². The molecule has 9 nitrogen and oxygen atoms in total. The molecular weight excluding hydrogens is 474 g/mol. The Morgan fingerprint density at radius 1 is 1.08 bits per heavy atom. The van der Waals surface area contributed by atoms with Crippen molar-refractivity contribution in [2.24, 2.45) is 4.99 Å². The van der Waals surface area contributed by atoms with Crippen LogP contribution in [0.2, 0.25) is 0 Å². The lowest BCUT2D eigenvalue weighted by Gasteiger charge is -2.35. The molecule has 11 heteroatoms. The van der Waals surface area contributed by atoms with Gasteiger partial charge in [-0.3, -0.25) is 20.3 Å². The molecule has 0 unspecified atom stereocenters. The lowest BCUT2D eigenvalue weighted by Crippen LogP contribution is -2.52. The summed E-state index contributed by atoms with van der Waals surface area (Å²) in [5, 5.41) is 4.49. The predicted octanol–water partition coefficient (Wildman–Crippen LogP) is 4.67. The molecule has 1 aliphatic heterocycles. The maximum absolute atomic E-state index is 15.5. The lowest BCUT2D eigenvalue weighted by molar-refractivity contribution is -0.128. The van der Waals surface area contributed by atoms with E-state index in [-0.39, 0.29) is 24.6 Å². The highest BCUT2D eigenvalue weighted by Gasteiger charge is 2.40. The lowest BCUT2D eigenvalue weighted by atomic mass is 9.86. The van der Waals surface area contributed by atoms with Gasteiger partial charge in [-0.25, -0.2) is 23.4 Å². The summed E-state index contributed by atoms with van der Waals surface area (Å²) in [6.45, 7) is 6.37. The molecule has 0 fully saturated rings. The zero-order chi connectivity index (χ0) is 26.7. The largest absolute Gasteiger partial charge is 0.444 e. The van der Waals surface area contributed by atoms with E-state index in [9.17, 15) is 18.8 Å². The first-order chi connectivity index (χ1) is 16.8. The molecule has 0 spiro atoms. The number of rotatable bonds is 4. The smallest absolute Gasteiger partial charge is 0.414 e. The number of anilines is 1. The van der Waals surface area contributed by atoms with Crippen molar-refractivity contribution in [3.05, 3.63) is 65.2 Å². The summed E-state index contributed by atoms with van der Waals surface area (Å²) in [5.41, 5.74) is -2.53. The molecule has 0 aromatic heterocycles. The van der Waals surface area contributed by atoms with Gasteiger partial charge in [0.05, 0.1) is 12.0 Å². The Morgan fingerprint density at radius 2 is 1.75 bits per heavy atom. The van der Waals surface area contributed by atoms with Crippen LogP contribution >= 0.6 is 0 Å². The Bertz CT molecular complexity index is 1200. The molecule has 1 atom stereocenters. The van der Waals surface area contributed by atoms with Crippen molar-refractivity contribution in [3.8, 4) is 0 Å². The topological polar surface area (TPSA) is 109 Å². The number of carbonyl (C=O) groups excluding carboxylic acids is 3. The number of hydrogen-bond donors (Lipinski definition) is 2. The molecular formula is C25H28F2N4O5. The van der Waals surface area contributed by atoms with Gasteiger partial charge in [-0.05, 0) is 39.3 Å². The minimum atomic E-state index is -1.52. The van der Waals surface area contributed by atoms with E-state index in [0.717, 1.165) is 17.0 Å². The first-order valence-corrected chi connectivity index (χ1v) is 11.1. The normalized spacial score (nSPS) is 17.8. The van der Waals surface area contributed by atoms with Gasteiger partial charge in [0.1, 0.15) is 23.7 Å². The van der Waals surface area contributed by atoms with E-state index in [1.165, 1.54) is 14.0 Å². The van der Waals surface area contributed by atoms with E-state index in [4.69, 9.17) is 9.47 Å². The number of nitrogens with one attached hydrogen (secondary N) is 2. The van der Waals surface area contributed by atoms with E-state index >= 15 is 4.39 Å². The van der Waals surface area contributed by atoms with Crippen LogP contribution < -0.4 is 10.6 Å². The Hall–Kier alpha value is -4.02. The van der Waals surface area contributed by atoms with Crippen molar-refractivity contribution in [1.29, 1.82) is 0 Å². The van der Waals surface area contributed by atoms with Crippen LogP contribution in [0.3, 0.4) is 0 Å². The molecule has 2 N–H and O–H groups in total. The zero-order valence-electron chi connectivity index (χ0n) is 20.6. The first kappa shape index (κ1) is 26.6. The molecule has 1 heterocycles. The number of benzene rings is 2. The molecule has 0 aliphatic carbocycles. The van der Waals surface area contributed by atoms with Gasteiger partial charge >= 0.3 is 12.2 Å². The van der Waals surface area contributed by atoms with Gasteiger partial charge in [0.2, 0.25) is 11.9 Å². The summed E-state index contributed by atoms with van der Waals surface area (Å²) in [5.74, 6) is -2.79. The van der Waals surface area contributed by atoms with Gasteiger partial charge in [-0.15, -0.1) is 0 Å². The predicted molar refractivity (Wildman–Crippen MR) is 128 cm³/mol. The molecule has 0 saturated carbocycles. The van der Waals surface area contributed by atoms with Crippen LogP contribution in [0, 0.1) is 11.6 Å². The molecule has 1 aliphatic rings. The quantitative estimate of drug-likeness (QED) is 0.632. The van der Waals surface area contributed by atoms with Crippen molar-refractivity contribution in [2.45, 2.75) is 51.9 Å². The van der Waals surface area contributed by atoms with Gasteiger partial charge in [0.25, 0.3) is 0 Å². The van der Waals surface area contributed by atoms with Crippen molar-refractivity contribution in [2.75, 3.05) is 12.4 Å². The fourth-order valence-electron chi connectivity index (χ4n) is 3.49. The number of guanidine groups is 1. The second-order valence-corrected chi connectivity index (χ2v) is 9.44. The molecule has 192 valence electrons. The summed E-state index contributed by atoms with van der Waals surface area (Å²) in [4.78, 5) is 42.6. The molecule has 2 aromatic carbocycles. The highest BCUT2D eigenvalue weighted by atomic mass is 19.1. The summed E-state index contributed by atoms with van der Waals surface area (Å²) in [7, 11) is 1.40. The molecule has 3 rings (SSSR count). The van der Waals surface area contributed by atoms with Crippen LogP contribution in [0.15, 0.2) is 47.5 Å². The molecule has 0 radical (unpaired) electrons. The monoisotopic (exact) mass is 502 g/mol. The van der Waals surface area contributed by atoms with Crippen LogP contribution in [-0.4, -0.2) is 41.6 Å². The third-order valence-electron chi connectivity index (χ3n) is 5.26. The van der Waals surface area contributed by atoms with Gasteiger partial charge in [-0.2, -0.15) is 0 Å². The Morgan fingerprint density at radius 3 is 2.39 bits per heavy atom. The molecule has 3 amide bonds. The standard InChI is InChI=1S/C25H28F2N4O5/c1-24(2,3)36-23(34)29-21-30-25(4,13-18(32)31(21)5)16-11-12-17(26)20(19(16)27)28-22(33)35-14-15-9-7-6-8-10-15/h6-12H,13-14H2,1-5H3,(H,28,33)(H,29,30,34)/t25-/m0/s1.